The van der Waals surface area contributed by atoms with Crippen LogP contribution >= 0.6 is 0 Å². The Kier molecular flexibility index (Phi) is 5.06. The van der Waals surface area contributed by atoms with Crippen LogP contribution in [0.5, 0.6) is 23.0 Å². The van der Waals surface area contributed by atoms with E-state index in [2.05, 4.69) is 19.9 Å². The van der Waals surface area contributed by atoms with Crippen LogP contribution in [0.2, 0.25) is 0 Å². The first-order chi connectivity index (χ1) is 14.3. The number of carbonyl (C=O) groups is 1. The number of hydrogen-bond donors (Lipinski definition) is 2. The monoisotopic (exact) mass is 406 g/mol. The molecule has 0 amide bonds. The van der Waals surface area contributed by atoms with Crippen molar-refractivity contribution >= 4 is 11.9 Å². The molecule has 5 heteroatoms. The van der Waals surface area contributed by atoms with Crippen LogP contribution in [0.1, 0.15) is 67.6 Å². The fourth-order valence-corrected chi connectivity index (χ4v) is 3.93. The Labute approximate surface area is 176 Å². The molecule has 156 valence electrons. The zero-order chi connectivity index (χ0) is 21.5. The second-order valence-electron chi connectivity index (χ2n) is 8.41. The maximum absolute atomic E-state index is 12.8. The highest BCUT2D eigenvalue weighted by atomic mass is 16.5. The Morgan fingerprint density at radius 3 is 2.67 bits per heavy atom. The van der Waals surface area contributed by atoms with Gasteiger partial charge >= 0.3 is 0 Å². The molecule has 0 saturated heterocycles. The highest BCUT2D eigenvalue weighted by Crippen LogP contribution is 2.48. The smallest absolute Gasteiger partial charge is 0.174 e. The number of Topliss-reactive ketones (excluding diaryl/α,β-unsaturated/α-hetero) is 1. The standard InChI is InChI=1S/C25H26O5/c1-15(2)5-4-11-25(3)12-10-18-22(30-25)14-20(28)23-19(27)13-21(29-24(18)23)16-6-8-17(26)9-7-16/h5-10,12,14,21,26,28H,4,11,13H2,1-3H3/t21-,25-/m0/s1. The number of benzene rings is 2. The fraction of sp³-hybridized carbons (Fsp3) is 0.320. The van der Waals surface area contributed by atoms with E-state index >= 15 is 0 Å². The van der Waals surface area contributed by atoms with Gasteiger partial charge in [-0.3, -0.25) is 4.79 Å². The molecule has 0 bridgehead atoms. The molecule has 2 N–H and O–H groups in total. The second kappa shape index (κ2) is 7.56. The van der Waals surface area contributed by atoms with Crippen molar-refractivity contribution in [3.05, 3.63) is 64.7 Å². The van der Waals surface area contributed by atoms with Crippen LogP contribution < -0.4 is 9.47 Å². The summed E-state index contributed by atoms with van der Waals surface area (Å²) in [6.45, 7) is 6.14. The van der Waals surface area contributed by atoms with Crippen molar-refractivity contribution in [2.45, 2.75) is 51.7 Å². The minimum Gasteiger partial charge on any atom is -0.508 e. The lowest BCUT2D eigenvalue weighted by Crippen LogP contribution is -2.32. The first-order valence-corrected chi connectivity index (χ1v) is 10.2. The molecule has 30 heavy (non-hydrogen) atoms. The zero-order valence-corrected chi connectivity index (χ0v) is 17.4. The predicted octanol–water partition coefficient (Wildman–Crippen LogP) is 5.72. The van der Waals surface area contributed by atoms with Gasteiger partial charge in [0.15, 0.2) is 5.78 Å². The number of carbonyl (C=O) groups excluding carboxylic acids is 1. The average Bonchev–Trinajstić information content (AvgIpc) is 2.67. The first-order valence-electron chi connectivity index (χ1n) is 10.2. The van der Waals surface area contributed by atoms with Crippen LogP contribution in [0, 0.1) is 0 Å². The number of phenols is 2. The van der Waals surface area contributed by atoms with Crippen molar-refractivity contribution in [1.82, 2.24) is 0 Å². The first kappa shape index (κ1) is 20.1. The maximum Gasteiger partial charge on any atom is 0.174 e. The number of hydrogen-bond acceptors (Lipinski definition) is 5. The molecule has 2 aliphatic heterocycles. The summed E-state index contributed by atoms with van der Waals surface area (Å²) in [5.41, 5.74) is 2.41. The summed E-state index contributed by atoms with van der Waals surface area (Å²) in [5, 5.41) is 20.1. The second-order valence-corrected chi connectivity index (χ2v) is 8.41. The number of rotatable bonds is 4. The molecule has 2 aromatic rings. The van der Waals surface area contributed by atoms with E-state index < -0.39 is 11.7 Å². The van der Waals surface area contributed by atoms with E-state index in [1.807, 2.05) is 19.1 Å². The summed E-state index contributed by atoms with van der Waals surface area (Å²) in [6.07, 6.45) is 7.39. The number of ether oxygens (including phenoxy) is 2. The summed E-state index contributed by atoms with van der Waals surface area (Å²) < 4.78 is 12.4. The molecule has 0 unspecified atom stereocenters. The predicted molar refractivity (Wildman–Crippen MR) is 115 cm³/mol. The van der Waals surface area contributed by atoms with E-state index in [9.17, 15) is 15.0 Å². The van der Waals surface area contributed by atoms with E-state index in [4.69, 9.17) is 9.47 Å². The summed E-state index contributed by atoms with van der Waals surface area (Å²) in [4.78, 5) is 12.8. The maximum atomic E-state index is 12.8. The summed E-state index contributed by atoms with van der Waals surface area (Å²) >= 11 is 0. The minimum absolute atomic E-state index is 0.120. The van der Waals surface area contributed by atoms with Gasteiger partial charge in [0.2, 0.25) is 0 Å². The molecule has 0 spiro atoms. The van der Waals surface area contributed by atoms with E-state index in [1.54, 1.807) is 24.3 Å². The third-order valence-corrected chi connectivity index (χ3v) is 5.57. The van der Waals surface area contributed by atoms with Crippen LogP contribution in [0.15, 0.2) is 48.1 Å². The van der Waals surface area contributed by atoms with Crippen molar-refractivity contribution in [2.75, 3.05) is 0 Å². The Hall–Kier alpha value is -3.21. The fourth-order valence-electron chi connectivity index (χ4n) is 3.93. The van der Waals surface area contributed by atoms with Crippen molar-refractivity contribution in [2.24, 2.45) is 0 Å². The molecular formula is C25H26O5. The van der Waals surface area contributed by atoms with Gasteiger partial charge in [0.25, 0.3) is 0 Å². The van der Waals surface area contributed by atoms with Crippen molar-refractivity contribution < 1.29 is 24.5 Å². The normalized spacial score (nSPS) is 21.8. The topological polar surface area (TPSA) is 76.0 Å². The van der Waals surface area contributed by atoms with Gasteiger partial charge in [0.05, 0.1) is 12.0 Å². The quantitative estimate of drug-likeness (QED) is 0.636. The number of ketones is 1. The van der Waals surface area contributed by atoms with Crippen LogP contribution in [-0.2, 0) is 0 Å². The number of aromatic hydroxyl groups is 2. The van der Waals surface area contributed by atoms with Gasteiger partial charge in [-0.2, -0.15) is 0 Å². The lowest BCUT2D eigenvalue weighted by molar-refractivity contribution is 0.0839. The van der Waals surface area contributed by atoms with E-state index in [-0.39, 0.29) is 29.3 Å². The third-order valence-electron chi connectivity index (χ3n) is 5.57. The van der Waals surface area contributed by atoms with Crippen molar-refractivity contribution in [3.8, 4) is 23.0 Å². The lowest BCUT2D eigenvalue weighted by atomic mass is 9.90. The molecule has 0 aromatic heterocycles. The highest BCUT2D eigenvalue weighted by molar-refractivity contribution is 6.04. The Balaban J connectivity index is 1.68. The largest absolute Gasteiger partial charge is 0.508 e. The molecule has 0 fully saturated rings. The van der Waals surface area contributed by atoms with Crippen molar-refractivity contribution in [1.29, 1.82) is 0 Å². The molecule has 0 aliphatic carbocycles. The molecule has 0 radical (unpaired) electrons. The Morgan fingerprint density at radius 1 is 1.23 bits per heavy atom. The summed E-state index contributed by atoms with van der Waals surface area (Å²) in [6, 6.07) is 8.12. The summed E-state index contributed by atoms with van der Waals surface area (Å²) in [7, 11) is 0. The van der Waals surface area contributed by atoms with Gasteiger partial charge in [-0.15, -0.1) is 0 Å². The highest BCUT2D eigenvalue weighted by Gasteiger charge is 2.36. The molecule has 5 nitrogen and oxygen atoms in total. The van der Waals surface area contributed by atoms with Crippen molar-refractivity contribution in [3.63, 3.8) is 0 Å². The molecule has 2 aromatic carbocycles. The average molecular weight is 406 g/mol. The lowest BCUT2D eigenvalue weighted by Gasteiger charge is -2.34. The molecule has 0 saturated carbocycles. The van der Waals surface area contributed by atoms with E-state index in [0.29, 0.717) is 17.1 Å². The zero-order valence-electron chi connectivity index (χ0n) is 17.4. The van der Waals surface area contributed by atoms with E-state index in [1.165, 1.54) is 11.6 Å². The molecule has 4 rings (SSSR count). The van der Waals surface area contributed by atoms with Crippen LogP contribution in [0.4, 0.5) is 0 Å². The van der Waals surface area contributed by atoms with Gasteiger partial charge in [-0.1, -0.05) is 23.8 Å². The molecule has 2 aliphatic rings. The SMILES string of the molecule is CC(C)=CCC[C@@]1(C)C=Cc2c(cc(O)c3c2O[C@H](c2ccc(O)cc2)CC3=O)O1. The minimum atomic E-state index is -0.505. The van der Waals surface area contributed by atoms with Gasteiger partial charge in [-0.25, -0.2) is 0 Å². The summed E-state index contributed by atoms with van der Waals surface area (Å²) in [5.74, 6) is 0.703. The van der Waals surface area contributed by atoms with Gasteiger partial charge < -0.3 is 19.7 Å². The van der Waals surface area contributed by atoms with Gasteiger partial charge in [-0.05, 0) is 63.5 Å². The van der Waals surface area contributed by atoms with Crippen LogP contribution in [-0.4, -0.2) is 21.6 Å². The van der Waals surface area contributed by atoms with Crippen LogP contribution in [0.25, 0.3) is 6.08 Å². The number of fused-ring (bicyclic) bond motifs is 3. The molecule has 2 atom stereocenters. The van der Waals surface area contributed by atoms with Gasteiger partial charge in [0.1, 0.15) is 40.3 Å². The number of phenolic OH excluding ortho intramolecular Hbond substituents is 2. The Morgan fingerprint density at radius 2 is 1.97 bits per heavy atom. The van der Waals surface area contributed by atoms with E-state index in [0.717, 1.165) is 18.4 Å². The third kappa shape index (κ3) is 3.80. The Bertz CT molecular complexity index is 1040. The van der Waals surface area contributed by atoms with Crippen LogP contribution in [0.3, 0.4) is 0 Å². The molecular weight excluding hydrogens is 380 g/mol. The number of allylic oxidation sites excluding steroid dienone is 2. The molecule has 2 heterocycles. The van der Waals surface area contributed by atoms with Gasteiger partial charge in [0, 0.05) is 6.07 Å².